The van der Waals surface area contributed by atoms with Crippen molar-refractivity contribution in [3.8, 4) is 0 Å². The maximum atomic E-state index is 13.5. The molecule has 10 N–H and O–H groups in total. The van der Waals surface area contributed by atoms with Crippen LogP contribution in [0.15, 0.2) is 36.7 Å². The van der Waals surface area contributed by atoms with E-state index in [-0.39, 0.29) is 35.3 Å². The van der Waals surface area contributed by atoms with Crippen LogP contribution in [0.1, 0.15) is 119 Å². The highest BCUT2D eigenvalue weighted by Gasteiger charge is 2.21. The van der Waals surface area contributed by atoms with Crippen LogP contribution in [0.25, 0.3) is 0 Å². The lowest BCUT2D eigenvalue weighted by Gasteiger charge is -2.12. The Morgan fingerprint density at radius 2 is 1.00 bits per heavy atom. The van der Waals surface area contributed by atoms with Gasteiger partial charge in [-0.05, 0) is 86.8 Å². The predicted octanol–water partition coefficient (Wildman–Crippen LogP) is 5.40. The highest BCUT2D eigenvalue weighted by atomic mass is 16.2. The average molecular weight is 717 g/mol. The molecule has 0 aliphatic carbocycles. The number of nitrogens with one attached hydrogen (secondary N) is 6. The first kappa shape index (κ1) is 41.0. The van der Waals surface area contributed by atoms with Crippen molar-refractivity contribution in [3.63, 3.8) is 0 Å². The molecule has 52 heavy (non-hydrogen) atoms. The van der Waals surface area contributed by atoms with E-state index in [2.05, 4.69) is 49.0 Å². The van der Waals surface area contributed by atoms with Crippen molar-refractivity contribution >= 4 is 46.7 Å². The van der Waals surface area contributed by atoms with Crippen LogP contribution in [0.3, 0.4) is 0 Å². The fourth-order valence-electron chi connectivity index (χ4n) is 5.55. The molecule has 3 rings (SSSR count). The van der Waals surface area contributed by atoms with Gasteiger partial charge in [0, 0.05) is 62.5 Å². The molecule has 0 unspecified atom stereocenters. The normalized spacial score (nSPS) is 11.1. The van der Waals surface area contributed by atoms with Gasteiger partial charge < -0.3 is 41.9 Å². The number of hydrogen-bond donors (Lipinski definition) is 8. The standard InChI is InChI=1S/C38H56N10O4/c1-23(2)11-15-47-21-27(19-31(47)37(51)43-13-7-9-33(39)40)45-35(49)29-17-26(6)30(18-25(29)5)36(50)46-28-20-32(48(22-28)16-12-24(3)4)38(52)44-14-8-10-34(41)42/h17-24H,7-16H2,1-6H3,(H3,39,40)(H3,41,42)(H,43,51)(H,44,52)(H,45,49)(H,46,50). The Morgan fingerprint density at radius 1 is 0.635 bits per heavy atom. The van der Waals surface area contributed by atoms with Gasteiger partial charge >= 0.3 is 0 Å². The molecule has 1 aromatic carbocycles. The topological polar surface area (TPSA) is 226 Å². The third kappa shape index (κ3) is 12.4. The van der Waals surface area contributed by atoms with Gasteiger partial charge in [-0.2, -0.15) is 0 Å². The highest BCUT2D eigenvalue weighted by Crippen LogP contribution is 2.23. The monoisotopic (exact) mass is 716 g/mol. The molecule has 0 aliphatic heterocycles. The molecule has 0 saturated heterocycles. The number of nitrogens with two attached hydrogens (primary N) is 2. The minimum absolute atomic E-state index is 0.0701. The van der Waals surface area contributed by atoms with Crippen LogP contribution in [-0.4, -0.2) is 57.5 Å². The third-order valence-electron chi connectivity index (χ3n) is 8.55. The van der Waals surface area contributed by atoms with Crippen LogP contribution in [0.5, 0.6) is 0 Å². The van der Waals surface area contributed by atoms with Gasteiger partial charge in [0.05, 0.1) is 23.0 Å². The number of hydrogen-bond acceptors (Lipinski definition) is 6. The van der Waals surface area contributed by atoms with Crippen molar-refractivity contribution < 1.29 is 19.2 Å². The number of amides is 4. The minimum Gasteiger partial charge on any atom is -0.388 e. The molecule has 2 heterocycles. The quantitative estimate of drug-likeness (QED) is 0.0434. The maximum absolute atomic E-state index is 13.5. The molecule has 14 heteroatoms. The van der Waals surface area contributed by atoms with Crippen LogP contribution in [0, 0.1) is 36.5 Å². The molecule has 0 fully saturated rings. The summed E-state index contributed by atoms with van der Waals surface area (Å²) in [5, 5.41) is 26.3. The molecule has 0 spiro atoms. The molecular formula is C38H56N10O4. The smallest absolute Gasteiger partial charge is 0.267 e. The Hall–Kier alpha value is -5.40. The van der Waals surface area contributed by atoms with Gasteiger partial charge in [0.1, 0.15) is 11.4 Å². The first-order valence-corrected chi connectivity index (χ1v) is 17.9. The van der Waals surface area contributed by atoms with E-state index in [4.69, 9.17) is 22.3 Å². The Bertz CT molecular complexity index is 1640. The predicted molar refractivity (Wildman–Crippen MR) is 207 cm³/mol. The first-order chi connectivity index (χ1) is 24.5. The van der Waals surface area contributed by atoms with Gasteiger partial charge in [0.25, 0.3) is 23.6 Å². The Balaban J connectivity index is 1.76. The number of carbonyl (C=O) groups excluding carboxylic acids is 4. The van der Waals surface area contributed by atoms with E-state index in [0.29, 0.717) is 109 Å². The number of rotatable bonds is 20. The average Bonchev–Trinajstić information content (AvgIpc) is 3.67. The number of amidine groups is 2. The second-order valence-electron chi connectivity index (χ2n) is 14.1. The molecular weight excluding hydrogens is 660 g/mol. The van der Waals surface area contributed by atoms with E-state index in [9.17, 15) is 19.2 Å². The molecule has 3 aromatic rings. The van der Waals surface area contributed by atoms with Gasteiger partial charge in [-0.25, -0.2) is 0 Å². The number of aromatic nitrogens is 2. The summed E-state index contributed by atoms with van der Waals surface area (Å²) in [5.41, 5.74) is 14.6. The number of anilines is 2. The molecule has 0 bridgehead atoms. The maximum Gasteiger partial charge on any atom is 0.267 e. The summed E-state index contributed by atoms with van der Waals surface area (Å²) in [6, 6.07) is 6.64. The highest BCUT2D eigenvalue weighted by molar-refractivity contribution is 6.09. The molecule has 2 aromatic heterocycles. The number of aryl methyl sites for hydroxylation is 4. The van der Waals surface area contributed by atoms with Crippen molar-refractivity contribution in [3.05, 3.63) is 70.3 Å². The number of carbonyl (C=O) groups is 4. The zero-order valence-corrected chi connectivity index (χ0v) is 31.4. The fourth-order valence-corrected chi connectivity index (χ4v) is 5.55. The van der Waals surface area contributed by atoms with Crippen molar-refractivity contribution in [2.45, 2.75) is 93.2 Å². The summed E-state index contributed by atoms with van der Waals surface area (Å²) in [4.78, 5) is 53.1. The van der Waals surface area contributed by atoms with Crippen LogP contribution in [0.2, 0.25) is 0 Å². The second kappa shape index (κ2) is 19.3. The summed E-state index contributed by atoms with van der Waals surface area (Å²) in [6.45, 7) is 13.9. The molecule has 4 amide bonds. The van der Waals surface area contributed by atoms with E-state index in [0.717, 1.165) is 12.8 Å². The summed E-state index contributed by atoms with van der Waals surface area (Å²) in [7, 11) is 0. The van der Waals surface area contributed by atoms with Crippen molar-refractivity contribution in [2.24, 2.45) is 23.3 Å². The Kier molecular flexibility index (Phi) is 15.2. The van der Waals surface area contributed by atoms with Crippen molar-refractivity contribution in [2.75, 3.05) is 23.7 Å². The first-order valence-electron chi connectivity index (χ1n) is 17.9. The second-order valence-corrected chi connectivity index (χ2v) is 14.1. The van der Waals surface area contributed by atoms with Gasteiger partial charge in [0.15, 0.2) is 0 Å². The third-order valence-corrected chi connectivity index (χ3v) is 8.55. The Morgan fingerprint density at radius 3 is 1.33 bits per heavy atom. The largest absolute Gasteiger partial charge is 0.388 e. The number of nitrogens with zero attached hydrogens (tertiary/aromatic N) is 2. The zero-order valence-electron chi connectivity index (χ0n) is 31.4. The van der Waals surface area contributed by atoms with Crippen molar-refractivity contribution in [1.29, 1.82) is 10.8 Å². The van der Waals surface area contributed by atoms with Gasteiger partial charge in [-0.3, -0.25) is 30.0 Å². The Labute approximate surface area is 306 Å². The lowest BCUT2D eigenvalue weighted by molar-refractivity contribution is 0.0935. The van der Waals surface area contributed by atoms with Crippen molar-refractivity contribution in [1.82, 2.24) is 19.8 Å². The molecule has 0 atom stereocenters. The molecule has 14 nitrogen and oxygen atoms in total. The lowest BCUT2D eigenvalue weighted by Crippen LogP contribution is -2.27. The molecule has 0 aliphatic rings. The van der Waals surface area contributed by atoms with E-state index < -0.39 is 0 Å². The van der Waals surface area contributed by atoms with Gasteiger partial charge in [-0.15, -0.1) is 0 Å². The van der Waals surface area contributed by atoms with E-state index in [1.54, 1.807) is 50.5 Å². The zero-order chi connectivity index (χ0) is 38.5. The number of benzene rings is 1. The summed E-state index contributed by atoms with van der Waals surface area (Å²) >= 11 is 0. The van der Waals surface area contributed by atoms with E-state index in [1.165, 1.54) is 0 Å². The van der Waals surface area contributed by atoms with Crippen LogP contribution >= 0.6 is 0 Å². The summed E-state index contributed by atoms with van der Waals surface area (Å²) in [5.74, 6) is -0.332. The lowest BCUT2D eigenvalue weighted by atomic mass is 9.98. The van der Waals surface area contributed by atoms with Gasteiger partial charge in [-0.1, -0.05) is 27.7 Å². The SMILES string of the molecule is Cc1cc(C(=O)Nc2cc(C(=O)NCCCC(=N)N)n(CCC(C)C)c2)c(C)cc1C(=O)Nc1cc(C(=O)NCCCC(=N)N)n(CCC(C)C)c1. The molecule has 0 saturated carbocycles. The van der Waals surface area contributed by atoms with Crippen LogP contribution in [0.4, 0.5) is 11.4 Å². The minimum atomic E-state index is -0.372. The molecule has 0 radical (unpaired) electrons. The summed E-state index contributed by atoms with van der Waals surface area (Å²) in [6.07, 6.45) is 7.08. The van der Waals surface area contributed by atoms with E-state index in [1.807, 2.05) is 9.13 Å². The van der Waals surface area contributed by atoms with Gasteiger partial charge in [0.2, 0.25) is 0 Å². The van der Waals surface area contributed by atoms with E-state index >= 15 is 0 Å². The van der Waals surface area contributed by atoms with Crippen LogP contribution < -0.4 is 32.7 Å². The van der Waals surface area contributed by atoms with Crippen LogP contribution in [-0.2, 0) is 13.1 Å². The summed E-state index contributed by atoms with van der Waals surface area (Å²) < 4.78 is 3.67. The molecule has 282 valence electrons. The fraction of sp³-hybridized carbons (Fsp3) is 0.474.